The molecule has 28 heavy (non-hydrogen) atoms. The van der Waals surface area contributed by atoms with E-state index in [0.717, 1.165) is 37.3 Å². The summed E-state index contributed by atoms with van der Waals surface area (Å²) < 4.78 is 9.28. The second-order valence-corrected chi connectivity index (χ2v) is 8.25. The Morgan fingerprint density at radius 2 is 1.93 bits per heavy atom. The molecule has 0 radical (unpaired) electrons. The van der Waals surface area contributed by atoms with Crippen LogP contribution in [0.4, 0.5) is 0 Å². The van der Waals surface area contributed by atoms with Gasteiger partial charge in [-0.05, 0) is 65.7 Å². The van der Waals surface area contributed by atoms with Crippen molar-refractivity contribution >= 4 is 27.0 Å². The number of hydrogen-bond acceptors (Lipinski definition) is 4. The van der Waals surface area contributed by atoms with Gasteiger partial charge < -0.3 is 9.30 Å². The number of nitrogens with zero attached hydrogens (tertiary/aromatic N) is 2. The molecule has 0 atom stereocenters. The first-order chi connectivity index (χ1) is 13.8. The monoisotopic (exact) mass is 452 g/mol. The van der Waals surface area contributed by atoms with Gasteiger partial charge in [0.1, 0.15) is 12.3 Å². The third-order valence-corrected chi connectivity index (χ3v) is 6.32. The number of aromatic nitrogens is 2. The summed E-state index contributed by atoms with van der Waals surface area (Å²) in [7, 11) is 0. The lowest BCUT2D eigenvalue weighted by molar-refractivity contribution is -0.301. The van der Waals surface area contributed by atoms with Crippen molar-refractivity contribution in [1.29, 1.82) is 0 Å². The van der Waals surface area contributed by atoms with Gasteiger partial charge in [0.15, 0.2) is 0 Å². The van der Waals surface area contributed by atoms with Gasteiger partial charge in [0.2, 0.25) is 0 Å². The zero-order valence-electron chi connectivity index (χ0n) is 17.2. The van der Waals surface area contributed by atoms with Crippen LogP contribution in [0.25, 0.3) is 11.0 Å². The Morgan fingerprint density at radius 1 is 1.11 bits per heavy atom. The third kappa shape index (κ3) is 5.35. The van der Waals surface area contributed by atoms with Gasteiger partial charge in [-0.1, -0.05) is 32.6 Å². The number of fused-ring (bicyclic) bond motifs is 1. The molecular formula is C22H33BrN2O3. The van der Waals surface area contributed by atoms with Crippen LogP contribution in [0.2, 0.25) is 0 Å². The minimum absolute atomic E-state index is 0.359. The summed E-state index contributed by atoms with van der Waals surface area (Å²) in [5.41, 5.74) is 3.33. The van der Waals surface area contributed by atoms with Crippen LogP contribution in [0.3, 0.4) is 0 Å². The highest BCUT2D eigenvalue weighted by Gasteiger charge is 2.25. The molecule has 5 nitrogen and oxygen atoms in total. The molecule has 0 amide bonds. The van der Waals surface area contributed by atoms with Crippen LogP contribution in [0, 0.1) is 0 Å². The Kier molecular flexibility index (Phi) is 8.77. The van der Waals surface area contributed by atoms with E-state index in [1.165, 1.54) is 47.7 Å². The quantitative estimate of drug-likeness (QED) is 0.233. The van der Waals surface area contributed by atoms with Gasteiger partial charge in [-0.15, -0.1) is 0 Å². The molecule has 0 N–H and O–H groups in total. The normalized spacial score (nSPS) is 15.5. The summed E-state index contributed by atoms with van der Waals surface area (Å²) in [6, 6.07) is 4.26. The molecule has 0 saturated heterocycles. The average molecular weight is 453 g/mol. The number of halogens is 1. The largest absolute Gasteiger partial charge is 0.380 e. The first kappa shape index (κ1) is 21.8. The standard InChI is InChI=1S/C22H33BrN2O3/c1-3-5-14-26-15-13-25-21(23)20(17-9-7-6-8-10-17)19-12-11-18(24-22(19)25)16-28-27-4-2/h11-12,17H,3-10,13-16H2,1-2H3. The molecule has 1 aliphatic rings. The van der Waals surface area contributed by atoms with E-state index in [1.807, 2.05) is 6.92 Å². The van der Waals surface area contributed by atoms with Gasteiger partial charge in [0.25, 0.3) is 0 Å². The lowest BCUT2D eigenvalue weighted by atomic mass is 9.84. The maximum Gasteiger partial charge on any atom is 0.141 e. The third-order valence-electron chi connectivity index (χ3n) is 5.46. The van der Waals surface area contributed by atoms with Crippen molar-refractivity contribution in [2.24, 2.45) is 0 Å². The van der Waals surface area contributed by atoms with Gasteiger partial charge in [0.05, 0.1) is 23.5 Å². The minimum atomic E-state index is 0.359. The van der Waals surface area contributed by atoms with Crippen molar-refractivity contribution in [1.82, 2.24) is 9.55 Å². The number of hydrogen-bond donors (Lipinski definition) is 0. The Bertz CT molecular complexity index is 741. The SMILES string of the molecule is CCCCOCCn1c(Br)c(C2CCCCC2)c2ccc(COOCC)nc21. The molecule has 0 unspecified atom stereocenters. The predicted molar refractivity (Wildman–Crippen MR) is 115 cm³/mol. The molecule has 3 rings (SSSR count). The molecule has 1 fully saturated rings. The molecule has 1 saturated carbocycles. The Morgan fingerprint density at radius 3 is 2.68 bits per heavy atom. The first-order valence-electron chi connectivity index (χ1n) is 10.8. The fraction of sp³-hybridized carbons (Fsp3) is 0.682. The number of rotatable bonds is 11. The van der Waals surface area contributed by atoms with E-state index >= 15 is 0 Å². The van der Waals surface area contributed by atoms with Crippen molar-refractivity contribution < 1.29 is 14.5 Å². The molecule has 2 aromatic heterocycles. The van der Waals surface area contributed by atoms with Crippen LogP contribution < -0.4 is 0 Å². The van der Waals surface area contributed by atoms with Crippen molar-refractivity contribution in [2.45, 2.75) is 77.9 Å². The Balaban J connectivity index is 1.87. The minimum Gasteiger partial charge on any atom is -0.380 e. The molecule has 0 aromatic carbocycles. The number of pyridine rings is 1. The highest BCUT2D eigenvalue weighted by molar-refractivity contribution is 9.10. The predicted octanol–water partition coefficient (Wildman–Crippen LogP) is 6.13. The van der Waals surface area contributed by atoms with Crippen molar-refractivity contribution in [2.75, 3.05) is 19.8 Å². The van der Waals surface area contributed by atoms with E-state index in [4.69, 9.17) is 19.5 Å². The Labute approximate surface area is 176 Å². The first-order valence-corrected chi connectivity index (χ1v) is 11.5. The second-order valence-electron chi connectivity index (χ2n) is 7.50. The van der Waals surface area contributed by atoms with Gasteiger partial charge in [-0.25, -0.2) is 14.8 Å². The van der Waals surface area contributed by atoms with Crippen LogP contribution >= 0.6 is 15.9 Å². The molecule has 0 bridgehead atoms. The fourth-order valence-electron chi connectivity index (χ4n) is 4.01. The topological polar surface area (TPSA) is 45.5 Å². The highest BCUT2D eigenvalue weighted by Crippen LogP contribution is 2.41. The van der Waals surface area contributed by atoms with Crippen LogP contribution in [-0.4, -0.2) is 29.4 Å². The smallest absolute Gasteiger partial charge is 0.141 e. The van der Waals surface area contributed by atoms with Crippen molar-refractivity contribution in [3.8, 4) is 0 Å². The molecule has 0 spiro atoms. The van der Waals surface area contributed by atoms with E-state index in [-0.39, 0.29) is 0 Å². The van der Waals surface area contributed by atoms with Crippen LogP contribution in [-0.2, 0) is 27.7 Å². The maximum absolute atomic E-state index is 5.83. The summed E-state index contributed by atoms with van der Waals surface area (Å²) in [6.45, 7) is 7.32. The van der Waals surface area contributed by atoms with Gasteiger partial charge in [0, 0.05) is 18.5 Å². The zero-order valence-corrected chi connectivity index (χ0v) is 18.8. The molecule has 2 aromatic rings. The Hall–Kier alpha value is -0.950. The molecule has 2 heterocycles. The summed E-state index contributed by atoms with van der Waals surface area (Å²) in [5, 5.41) is 1.26. The van der Waals surface area contributed by atoms with Crippen LogP contribution in [0.15, 0.2) is 16.7 Å². The summed E-state index contributed by atoms with van der Waals surface area (Å²) in [4.78, 5) is 15.2. The molecule has 1 aliphatic carbocycles. The van der Waals surface area contributed by atoms with Gasteiger partial charge in [-0.3, -0.25) is 0 Å². The van der Waals surface area contributed by atoms with Gasteiger partial charge in [-0.2, -0.15) is 0 Å². The van der Waals surface area contributed by atoms with E-state index in [0.29, 0.717) is 25.7 Å². The summed E-state index contributed by atoms with van der Waals surface area (Å²) in [5.74, 6) is 0.611. The molecule has 156 valence electrons. The van der Waals surface area contributed by atoms with Gasteiger partial charge >= 0.3 is 0 Å². The fourth-order valence-corrected chi connectivity index (χ4v) is 4.89. The van der Waals surface area contributed by atoms with Crippen LogP contribution in [0.5, 0.6) is 0 Å². The highest BCUT2D eigenvalue weighted by atomic mass is 79.9. The van der Waals surface area contributed by atoms with Crippen LogP contribution in [0.1, 0.15) is 76.0 Å². The molecule has 6 heteroatoms. The van der Waals surface area contributed by atoms with E-state index in [1.54, 1.807) is 0 Å². The lowest BCUT2D eigenvalue weighted by Gasteiger charge is -2.22. The maximum atomic E-state index is 5.83. The summed E-state index contributed by atoms with van der Waals surface area (Å²) in [6.07, 6.45) is 8.79. The summed E-state index contributed by atoms with van der Waals surface area (Å²) >= 11 is 3.91. The van der Waals surface area contributed by atoms with E-state index in [2.05, 4.69) is 39.6 Å². The second kappa shape index (κ2) is 11.3. The zero-order chi connectivity index (χ0) is 19.8. The lowest BCUT2D eigenvalue weighted by Crippen LogP contribution is -2.09. The number of unbranched alkanes of at least 4 members (excludes halogenated alkanes) is 1. The van der Waals surface area contributed by atoms with E-state index < -0.39 is 0 Å². The molecule has 0 aliphatic heterocycles. The molecular weight excluding hydrogens is 420 g/mol. The average Bonchev–Trinajstić information content (AvgIpc) is 2.99. The van der Waals surface area contributed by atoms with Crippen molar-refractivity contribution in [3.63, 3.8) is 0 Å². The van der Waals surface area contributed by atoms with Crippen molar-refractivity contribution in [3.05, 3.63) is 28.0 Å². The number of ether oxygens (including phenoxy) is 1. The van der Waals surface area contributed by atoms with E-state index in [9.17, 15) is 0 Å².